The number of nitrogens with one attached hydrogen (secondary N) is 1. The lowest BCUT2D eigenvalue weighted by molar-refractivity contribution is 0.273. The topological polar surface area (TPSA) is 28.4 Å². The number of hydrogen-bond acceptors (Lipinski definition) is 3. The molecule has 1 aliphatic rings. The second kappa shape index (κ2) is 7.11. The highest BCUT2D eigenvalue weighted by atomic mass is 16.3. The van der Waals surface area contributed by atoms with Crippen LogP contribution in [0.4, 0.5) is 0 Å². The Bertz CT molecular complexity index is 373. The Morgan fingerprint density at radius 1 is 1.47 bits per heavy atom. The van der Waals surface area contributed by atoms with Crippen molar-refractivity contribution < 1.29 is 4.42 Å². The number of likely N-dealkylation sites (tertiary alicyclic amines) is 1. The zero-order chi connectivity index (χ0) is 13.7. The van der Waals surface area contributed by atoms with Gasteiger partial charge in [-0.05, 0) is 43.8 Å². The quantitative estimate of drug-likeness (QED) is 0.766. The van der Waals surface area contributed by atoms with Crippen LogP contribution >= 0.6 is 0 Å². The molecular formula is C16H28N2O. The number of rotatable bonds is 7. The Kier molecular flexibility index (Phi) is 5.46. The molecule has 0 aliphatic carbocycles. The lowest BCUT2D eigenvalue weighted by Gasteiger charge is -2.16. The van der Waals surface area contributed by atoms with Gasteiger partial charge in [0.15, 0.2) is 0 Å². The molecule has 0 spiro atoms. The Labute approximate surface area is 117 Å². The second-order valence-electron chi connectivity index (χ2n) is 6.13. The fourth-order valence-electron chi connectivity index (χ4n) is 2.78. The predicted octanol–water partition coefficient (Wildman–Crippen LogP) is 3.26. The van der Waals surface area contributed by atoms with E-state index in [1.165, 1.54) is 31.5 Å². The minimum absolute atomic E-state index is 0.801. The molecule has 2 heterocycles. The summed E-state index contributed by atoms with van der Waals surface area (Å²) in [4.78, 5) is 2.52. The number of nitrogens with zero attached hydrogens (tertiary/aromatic N) is 1. The van der Waals surface area contributed by atoms with Crippen molar-refractivity contribution in [3.05, 3.63) is 23.7 Å². The van der Waals surface area contributed by atoms with Crippen molar-refractivity contribution in [1.29, 1.82) is 0 Å². The first kappa shape index (κ1) is 14.6. The van der Waals surface area contributed by atoms with E-state index >= 15 is 0 Å². The summed E-state index contributed by atoms with van der Waals surface area (Å²) in [6.45, 7) is 12.3. The van der Waals surface area contributed by atoms with Crippen molar-refractivity contribution >= 4 is 0 Å². The van der Waals surface area contributed by atoms with E-state index in [0.29, 0.717) is 0 Å². The zero-order valence-corrected chi connectivity index (χ0v) is 12.6. The van der Waals surface area contributed by atoms with Crippen LogP contribution in [0, 0.1) is 11.8 Å². The van der Waals surface area contributed by atoms with E-state index in [1.54, 1.807) is 0 Å². The molecule has 2 rings (SSSR count). The molecule has 0 bridgehead atoms. The van der Waals surface area contributed by atoms with E-state index in [0.717, 1.165) is 37.2 Å². The summed E-state index contributed by atoms with van der Waals surface area (Å²) in [5, 5.41) is 3.41. The molecule has 0 amide bonds. The van der Waals surface area contributed by atoms with Crippen LogP contribution in [0.15, 0.2) is 16.7 Å². The normalized spacial score (nSPS) is 20.5. The highest BCUT2D eigenvalue weighted by molar-refractivity contribution is 5.12. The highest BCUT2D eigenvalue weighted by Crippen LogP contribution is 2.25. The molecule has 1 aliphatic heterocycles. The van der Waals surface area contributed by atoms with Crippen molar-refractivity contribution in [2.45, 2.75) is 46.7 Å². The van der Waals surface area contributed by atoms with Crippen LogP contribution in [0.1, 0.15) is 44.9 Å². The van der Waals surface area contributed by atoms with Gasteiger partial charge in [-0.2, -0.15) is 0 Å². The van der Waals surface area contributed by atoms with Crippen molar-refractivity contribution in [2.75, 3.05) is 19.6 Å². The summed E-state index contributed by atoms with van der Waals surface area (Å²) in [6.07, 6.45) is 4.41. The lowest BCUT2D eigenvalue weighted by atomic mass is 9.95. The van der Waals surface area contributed by atoms with Gasteiger partial charge in [0.25, 0.3) is 0 Å². The molecule has 1 atom stereocenters. The van der Waals surface area contributed by atoms with E-state index in [2.05, 4.69) is 37.1 Å². The molecular weight excluding hydrogens is 236 g/mol. The molecule has 1 fully saturated rings. The molecule has 108 valence electrons. The first-order chi connectivity index (χ1) is 9.19. The van der Waals surface area contributed by atoms with Crippen LogP contribution in [0.3, 0.4) is 0 Å². The summed E-state index contributed by atoms with van der Waals surface area (Å²) < 4.78 is 5.67. The maximum absolute atomic E-state index is 5.67. The zero-order valence-electron chi connectivity index (χ0n) is 12.6. The third kappa shape index (κ3) is 4.36. The lowest BCUT2D eigenvalue weighted by Crippen LogP contribution is -2.21. The van der Waals surface area contributed by atoms with Crippen molar-refractivity contribution in [1.82, 2.24) is 10.2 Å². The monoisotopic (exact) mass is 264 g/mol. The Morgan fingerprint density at radius 2 is 2.32 bits per heavy atom. The minimum atomic E-state index is 0.801. The molecule has 3 nitrogen and oxygen atoms in total. The van der Waals surface area contributed by atoms with Crippen LogP contribution in [-0.2, 0) is 13.1 Å². The largest absolute Gasteiger partial charge is 0.468 e. The third-order valence-corrected chi connectivity index (χ3v) is 4.10. The molecule has 0 radical (unpaired) electrons. The van der Waals surface area contributed by atoms with E-state index in [1.807, 2.05) is 6.26 Å². The molecule has 1 N–H and O–H groups in total. The van der Waals surface area contributed by atoms with Gasteiger partial charge in [-0.1, -0.05) is 20.8 Å². The van der Waals surface area contributed by atoms with E-state index in [9.17, 15) is 0 Å². The van der Waals surface area contributed by atoms with E-state index in [4.69, 9.17) is 4.42 Å². The molecule has 1 aromatic heterocycles. The Morgan fingerprint density at radius 3 is 3.00 bits per heavy atom. The van der Waals surface area contributed by atoms with Gasteiger partial charge < -0.3 is 9.73 Å². The Hall–Kier alpha value is -0.800. The summed E-state index contributed by atoms with van der Waals surface area (Å²) >= 11 is 0. The molecule has 1 aromatic rings. The van der Waals surface area contributed by atoms with Crippen molar-refractivity contribution in [3.63, 3.8) is 0 Å². The van der Waals surface area contributed by atoms with E-state index in [-0.39, 0.29) is 0 Å². The van der Waals surface area contributed by atoms with E-state index < -0.39 is 0 Å². The first-order valence-electron chi connectivity index (χ1n) is 7.68. The van der Waals surface area contributed by atoms with Gasteiger partial charge in [0.1, 0.15) is 5.76 Å². The summed E-state index contributed by atoms with van der Waals surface area (Å²) in [5.41, 5.74) is 1.27. The van der Waals surface area contributed by atoms with Crippen molar-refractivity contribution in [2.24, 2.45) is 11.8 Å². The molecule has 1 unspecified atom stereocenters. The van der Waals surface area contributed by atoms with Crippen LogP contribution in [0.2, 0.25) is 0 Å². The Balaban J connectivity index is 1.77. The van der Waals surface area contributed by atoms with Crippen LogP contribution in [-0.4, -0.2) is 24.5 Å². The van der Waals surface area contributed by atoms with Gasteiger partial charge in [-0.25, -0.2) is 0 Å². The fraction of sp³-hybridized carbons (Fsp3) is 0.750. The van der Waals surface area contributed by atoms with Gasteiger partial charge in [0.2, 0.25) is 0 Å². The van der Waals surface area contributed by atoms with Crippen LogP contribution < -0.4 is 5.32 Å². The number of hydrogen-bond donors (Lipinski definition) is 1. The molecule has 0 aromatic carbocycles. The SMILES string of the molecule is CCCNCc1coc(CN2CCC(C(C)C)C2)c1. The fourth-order valence-corrected chi connectivity index (χ4v) is 2.78. The van der Waals surface area contributed by atoms with Gasteiger partial charge in [-0.3, -0.25) is 4.90 Å². The number of furan rings is 1. The maximum atomic E-state index is 5.67. The maximum Gasteiger partial charge on any atom is 0.118 e. The summed E-state index contributed by atoms with van der Waals surface area (Å²) in [5.74, 6) is 2.77. The first-order valence-corrected chi connectivity index (χ1v) is 7.68. The molecule has 0 saturated carbocycles. The smallest absolute Gasteiger partial charge is 0.118 e. The van der Waals surface area contributed by atoms with Gasteiger partial charge >= 0.3 is 0 Å². The summed E-state index contributed by atoms with van der Waals surface area (Å²) in [6, 6.07) is 2.20. The average Bonchev–Trinajstić information content (AvgIpc) is 3.00. The highest BCUT2D eigenvalue weighted by Gasteiger charge is 2.25. The third-order valence-electron chi connectivity index (χ3n) is 4.10. The summed E-state index contributed by atoms with van der Waals surface area (Å²) in [7, 11) is 0. The van der Waals surface area contributed by atoms with Gasteiger partial charge in [0, 0.05) is 18.7 Å². The van der Waals surface area contributed by atoms with Crippen molar-refractivity contribution in [3.8, 4) is 0 Å². The standard InChI is InChI=1S/C16H28N2O/c1-4-6-17-9-14-8-16(19-12-14)11-18-7-5-15(10-18)13(2)3/h8,12-13,15,17H,4-7,9-11H2,1-3H3. The minimum Gasteiger partial charge on any atom is -0.468 e. The molecule has 1 saturated heterocycles. The van der Waals surface area contributed by atoms with Crippen LogP contribution in [0.5, 0.6) is 0 Å². The average molecular weight is 264 g/mol. The van der Waals surface area contributed by atoms with Gasteiger partial charge in [0.05, 0.1) is 12.8 Å². The second-order valence-corrected chi connectivity index (χ2v) is 6.13. The van der Waals surface area contributed by atoms with Crippen LogP contribution in [0.25, 0.3) is 0 Å². The molecule has 19 heavy (non-hydrogen) atoms. The van der Waals surface area contributed by atoms with Gasteiger partial charge in [-0.15, -0.1) is 0 Å². The molecule has 3 heteroatoms. The predicted molar refractivity (Wildman–Crippen MR) is 78.9 cm³/mol.